The first kappa shape index (κ1) is 10.5. The molecule has 2 nitrogen and oxygen atoms in total. The summed E-state index contributed by atoms with van der Waals surface area (Å²) in [4.78, 5) is 11.5. The van der Waals surface area contributed by atoms with Crippen molar-refractivity contribution in [1.29, 1.82) is 0 Å². The Balaban J connectivity index is 2.63. The van der Waals surface area contributed by atoms with E-state index < -0.39 is 8.07 Å². The lowest BCUT2D eigenvalue weighted by Crippen LogP contribution is -2.29. The highest BCUT2D eigenvalue weighted by Gasteiger charge is 2.52. The maximum Gasteiger partial charge on any atom is 0.319 e. The molecule has 0 bridgehead atoms. The number of carbonyl (C=O) groups is 1. The highest BCUT2D eigenvalue weighted by molar-refractivity contribution is 6.85. The molecule has 0 unspecified atom stereocenters. The van der Waals surface area contributed by atoms with E-state index in [9.17, 15) is 4.79 Å². The van der Waals surface area contributed by atoms with Crippen LogP contribution in [-0.2, 0) is 9.53 Å². The molecule has 0 radical (unpaired) electrons. The number of hydrogen-bond donors (Lipinski definition) is 0. The molecule has 0 heterocycles. The maximum absolute atomic E-state index is 11.5. The summed E-state index contributed by atoms with van der Waals surface area (Å²) in [6, 6.07) is 0. The molecule has 0 amide bonds. The van der Waals surface area contributed by atoms with Crippen LogP contribution in [0.5, 0.6) is 0 Å². The number of hydrogen-bond acceptors (Lipinski definition) is 2. The lowest BCUT2D eigenvalue weighted by atomic mass is 10.1. The van der Waals surface area contributed by atoms with Gasteiger partial charge < -0.3 is 4.74 Å². The molecule has 0 aromatic heterocycles. The molecule has 3 heteroatoms. The van der Waals surface area contributed by atoms with Crippen LogP contribution >= 0.6 is 0 Å². The van der Waals surface area contributed by atoms with Crippen LogP contribution in [0.3, 0.4) is 0 Å². The van der Waals surface area contributed by atoms with Crippen LogP contribution in [0.2, 0.25) is 19.6 Å². The molecule has 1 aliphatic carbocycles. The van der Waals surface area contributed by atoms with E-state index in [0.29, 0.717) is 6.61 Å². The summed E-state index contributed by atoms with van der Waals surface area (Å²) < 4.78 is 5.03. The van der Waals surface area contributed by atoms with Crippen molar-refractivity contribution in [3.63, 3.8) is 0 Å². The van der Waals surface area contributed by atoms with Crippen LogP contribution in [0, 0.1) is 5.41 Å². The van der Waals surface area contributed by atoms with E-state index in [1.54, 1.807) is 0 Å². The summed E-state index contributed by atoms with van der Waals surface area (Å²) in [6.45, 7) is 11.0. The summed E-state index contributed by atoms with van der Waals surface area (Å²) in [5.74, 6) is -0.0765. The molecule has 0 saturated heterocycles. The van der Waals surface area contributed by atoms with E-state index in [0.717, 1.165) is 0 Å². The summed E-state index contributed by atoms with van der Waals surface area (Å²) in [6.07, 6.45) is 2.07. The van der Waals surface area contributed by atoms with Crippen molar-refractivity contribution in [2.45, 2.75) is 33.5 Å². The average molecular weight is 198 g/mol. The van der Waals surface area contributed by atoms with Gasteiger partial charge in [-0.3, -0.25) is 4.79 Å². The molecule has 0 N–H and O–H groups in total. The maximum atomic E-state index is 11.5. The Morgan fingerprint density at radius 3 is 2.38 bits per heavy atom. The van der Waals surface area contributed by atoms with Gasteiger partial charge in [-0.15, -0.1) is 0 Å². The fraction of sp³-hybridized carbons (Fsp3) is 0.700. The van der Waals surface area contributed by atoms with Crippen LogP contribution in [-0.4, -0.2) is 20.7 Å². The van der Waals surface area contributed by atoms with Crippen molar-refractivity contribution in [3.8, 4) is 0 Å². The zero-order chi connectivity index (χ0) is 10.3. The van der Waals surface area contributed by atoms with Gasteiger partial charge >= 0.3 is 5.97 Å². The quantitative estimate of drug-likeness (QED) is 0.514. The van der Waals surface area contributed by atoms with Gasteiger partial charge in [0.05, 0.1) is 14.7 Å². The fourth-order valence-electron chi connectivity index (χ4n) is 1.70. The molecule has 0 spiro atoms. The minimum Gasteiger partial charge on any atom is -0.465 e. The second kappa shape index (κ2) is 2.98. The molecule has 1 atom stereocenters. The Morgan fingerprint density at radius 2 is 2.08 bits per heavy atom. The molecule has 13 heavy (non-hydrogen) atoms. The molecule has 0 aliphatic heterocycles. The van der Waals surface area contributed by atoms with Crippen LogP contribution in [0.4, 0.5) is 0 Å². The second-order valence-corrected chi connectivity index (χ2v) is 9.77. The molecule has 0 fully saturated rings. The Hall–Kier alpha value is -0.573. The fourth-order valence-corrected chi connectivity index (χ4v) is 4.08. The molecule has 0 saturated carbocycles. The molecular formula is C10H18O2Si. The van der Waals surface area contributed by atoms with Crippen molar-refractivity contribution in [2.24, 2.45) is 5.41 Å². The SMILES string of the molecule is CCOC(=O)[C@@]1(C)C=C1[Si](C)(C)C. The minimum absolute atomic E-state index is 0.0765. The van der Waals surface area contributed by atoms with Gasteiger partial charge in [0.25, 0.3) is 0 Å². The third-order valence-electron chi connectivity index (χ3n) is 2.42. The molecule has 74 valence electrons. The summed E-state index contributed by atoms with van der Waals surface area (Å²) >= 11 is 0. The number of rotatable bonds is 3. The topological polar surface area (TPSA) is 26.3 Å². The van der Waals surface area contributed by atoms with Crippen molar-refractivity contribution in [3.05, 3.63) is 11.3 Å². The monoisotopic (exact) mass is 198 g/mol. The molecular weight excluding hydrogens is 180 g/mol. The third-order valence-corrected chi connectivity index (χ3v) is 4.70. The zero-order valence-electron chi connectivity index (χ0n) is 9.10. The minimum atomic E-state index is -1.29. The Bertz CT molecular complexity index is 263. The van der Waals surface area contributed by atoms with Gasteiger partial charge in [-0.05, 0) is 13.8 Å². The smallest absolute Gasteiger partial charge is 0.319 e. The summed E-state index contributed by atoms with van der Waals surface area (Å²) in [5, 5.41) is 1.33. The van der Waals surface area contributed by atoms with Gasteiger partial charge in [0, 0.05) is 0 Å². The van der Waals surface area contributed by atoms with E-state index >= 15 is 0 Å². The van der Waals surface area contributed by atoms with Gasteiger partial charge in [0.2, 0.25) is 0 Å². The van der Waals surface area contributed by atoms with Crippen molar-refractivity contribution < 1.29 is 9.53 Å². The first-order valence-electron chi connectivity index (χ1n) is 4.73. The largest absolute Gasteiger partial charge is 0.465 e. The van der Waals surface area contributed by atoms with Crippen LogP contribution < -0.4 is 0 Å². The molecule has 0 aromatic carbocycles. The average Bonchev–Trinajstić information content (AvgIpc) is 2.63. The summed E-state index contributed by atoms with van der Waals surface area (Å²) in [5.41, 5.74) is -0.347. The van der Waals surface area contributed by atoms with Crippen molar-refractivity contribution >= 4 is 14.0 Å². The lowest BCUT2D eigenvalue weighted by molar-refractivity contribution is -0.147. The van der Waals surface area contributed by atoms with Gasteiger partial charge in [0.1, 0.15) is 5.41 Å². The Labute approximate surface area is 81.0 Å². The first-order chi connectivity index (χ1) is 5.82. The Morgan fingerprint density at radius 1 is 1.54 bits per heavy atom. The predicted octanol–water partition coefficient (Wildman–Crippen LogP) is 2.37. The molecule has 1 rings (SSSR count). The Kier molecular flexibility index (Phi) is 2.41. The van der Waals surface area contributed by atoms with Gasteiger partial charge in [-0.25, -0.2) is 0 Å². The molecule has 0 aromatic rings. The van der Waals surface area contributed by atoms with E-state index in [2.05, 4.69) is 25.7 Å². The van der Waals surface area contributed by atoms with Crippen LogP contribution in [0.25, 0.3) is 0 Å². The van der Waals surface area contributed by atoms with Crippen molar-refractivity contribution in [1.82, 2.24) is 0 Å². The van der Waals surface area contributed by atoms with E-state index in [1.807, 2.05) is 13.8 Å². The van der Waals surface area contributed by atoms with Gasteiger partial charge in [-0.1, -0.05) is 30.9 Å². The number of esters is 1. The highest BCUT2D eigenvalue weighted by Crippen LogP contribution is 2.49. The normalized spacial score (nSPS) is 26.7. The van der Waals surface area contributed by atoms with Crippen molar-refractivity contribution in [2.75, 3.05) is 6.61 Å². The van der Waals surface area contributed by atoms with E-state index in [1.165, 1.54) is 5.20 Å². The summed E-state index contributed by atoms with van der Waals surface area (Å²) in [7, 11) is -1.29. The third kappa shape index (κ3) is 1.85. The molecule has 1 aliphatic rings. The lowest BCUT2D eigenvalue weighted by Gasteiger charge is -2.18. The van der Waals surface area contributed by atoms with E-state index in [-0.39, 0.29) is 11.4 Å². The van der Waals surface area contributed by atoms with Gasteiger partial charge in [-0.2, -0.15) is 0 Å². The first-order valence-corrected chi connectivity index (χ1v) is 8.23. The predicted molar refractivity (Wildman–Crippen MR) is 56.2 cm³/mol. The highest BCUT2D eigenvalue weighted by atomic mass is 28.3. The number of ether oxygens (including phenoxy) is 1. The van der Waals surface area contributed by atoms with Crippen LogP contribution in [0.1, 0.15) is 13.8 Å². The second-order valence-electron chi connectivity index (χ2n) is 4.73. The zero-order valence-corrected chi connectivity index (χ0v) is 10.1. The number of carbonyl (C=O) groups excluding carboxylic acids is 1. The standard InChI is InChI=1S/C10H18O2Si/c1-6-12-9(11)10(2)7-8(10)13(3,4)5/h7H,6H2,1-5H3/t10-/m0/s1. The van der Waals surface area contributed by atoms with Crippen LogP contribution in [0.15, 0.2) is 11.3 Å². The van der Waals surface area contributed by atoms with Gasteiger partial charge in [0.15, 0.2) is 0 Å². The van der Waals surface area contributed by atoms with E-state index in [4.69, 9.17) is 4.74 Å².